The minimum absolute atomic E-state index is 0.00702. The fourth-order valence-corrected chi connectivity index (χ4v) is 3.51. The van der Waals surface area contributed by atoms with Crippen molar-refractivity contribution in [2.75, 3.05) is 37.7 Å². The summed E-state index contributed by atoms with van der Waals surface area (Å²) in [5.74, 6) is -0.290. The van der Waals surface area contributed by atoms with Crippen LogP contribution in [-0.4, -0.2) is 78.7 Å². The minimum Gasteiger partial charge on any atom is -0.462 e. The second-order valence-corrected chi connectivity index (χ2v) is 7.83. The summed E-state index contributed by atoms with van der Waals surface area (Å²) in [4.78, 5) is 36.6. The van der Waals surface area contributed by atoms with Crippen molar-refractivity contribution in [3.63, 3.8) is 0 Å². The third-order valence-electron chi connectivity index (χ3n) is 4.14. The lowest BCUT2D eigenvalue weighted by Crippen LogP contribution is -2.46. The summed E-state index contributed by atoms with van der Waals surface area (Å²) in [5.41, 5.74) is 5.96. The van der Waals surface area contributed by atoms with Crippen LogP contribution in [0.3, 0.4) is 0 Å². The zero-order valence-electron chi connectivity index (χ0n) is 17.9. The molecule has 1 amide bonds. The summed E-state index contributed by atoms with van der Waals surface area (Å²) in [5, 5.41) is 2.95. The van der Waals surface area contributed by atoms with E-state index in [-0.39, 0.29) is 18.6 Å². The van der Waals surface area contributed by atoms with Gasteiger partial charge in [0, 0.05) is 31.4 Å². The van der Waals surface area contributed by atoms with E-state index in [9.17, 15) is 14.4 Å². The molecule has 0 rings (SSSR count). The van der Waals surface area contributed by atoms with Crippen LogP contribution in [0.4, 0.5) is 0 Å². The second kappa shape index (κ2) is 15.6. The molecule has 0 saturated carbocycles. The lowest BCUT2D eigenvalue weighted by atomic mass is 10.1. The van der Waals surface area contributed by atoms with Crippen molar-refractivity contribution in [3.05, 3.63) is 0 Å². The molecule has 0 fully saturated rings. The van der Waals surface area contributed by atoms with Crippen LogP contribution in [0, 0.1) is 0 Å². The van der Waals surface area contributed by atoms with Crippen LogP contribution in [0.25, 0.3) is 0 Å². The quantitative estimate of drug-likeness (QED) is 0.381. The molecule has 3 N–H and O–H groups in total. The number of thioether (sulfide) groups is 1. The van der Waals surface area contributed by atoms with Gasteiger partial charge in [0.15, 0.2) is 0 Å². The fourth-order valence-electron chi connectivity index (χ4n) is 2.55. The highest BCUT2D eigenvalue weighted by atomic mass is 32.2. The van der Waals surface area contributed by atoms with Gasteiger partial charge in [-0.05, 0) is 39.4 Å². The molecule has 0 saturated heterocycles. The first-order valence-corrected chi connectivity index (χ1v) is 11.0. The van der Waals surface area contributed by atoms with Crippen molar-refractivity contribution in [2.45, 2.75) is 65.6 Å². The maximum absolute atomic E-state index is 12.2. The molecule has 0 aliphatic rings. The van der Waals surface area contributed by atoms with Gasteiger partial charge in [-0.3, -0.25) is 14.4 Å². The van der Waals surface area contributed by atoms with E-state index >= 15 is 0 Å². The Hall–Kier alpha value is -1.32. The average Bonchev–Trinajstić information content (AvgIpc) is 2.62. The number of hydrogen-bond donors (Lipinski definition) is 2. The molecule has 8 nitrogen and oxygen atoms in total. The molecule has 3 unspecified atom stereocenters. The molecule has 0 spiro atoms. The van der Waals surface area contributed by atoms with E-state index in [2.05, 4.69) is 24.1 Å². The fraction of sp³-hybridized carbons (Fsp3) is 0.842. The molecular formula is C19H37N3O5S. The van der Waals surface area contributed by atoms with Crippen molar-refractivity contribution in [2.24, 2.45) is 5.73 Å². The number of ether oxygens (including phenoxy) is 2. The first kappa shape index (κ1) is 26.7. The van der Waals surface area contributed by atoms with Crippen LogP contribution in [0.15, 0.2) is 0 Å². The summed E-state index contributed by atoms with van der Waals surface area (Å²) in [6, 6.07) is -0.584. The summed E-state index contributed by atoms with van der Waals surface area (Å²) in [6.07, 6.45) is 1.37. The molecule has 0 aromatic heterocycles. The Bertz CT molecular complexity index is 474. The van der Waals surface area contributed by atoms with Crippen molar-refractivity contribution >= 4 is 29.6 Å². The van der Waals surface area contributed by atoms with E-state index in [1.165, 1.54) is 25.6 Å². The van der Waals surface area contributed by atoms with Gasteiger partial charge in [0.25, 0.3) is 0 Å². The van der Waals surface area contributed by atoms with Gasteiger partial charge in [0.05, 0.1) is 6.04 Å². The zero-order valence-corrected chi connectivity index (χ0v) is 18.7. The van der Waals surface area contributed by atoms with E-state index in [1.807, 2.05) is 6.92 Å². The molecule has 0 aromatic rings. The Morgan fingerprint density at radius 3 is 2.29 bits per heavy atom. The van der Waals surface area contributed by atoms with E-state index in [4.69, 9.17) is 15.2 Å². The number of rotatable bonds is 15. The van der Waals surface area contributed by atoms with Gasteiger partial charge in [0.1, 0.15) is 12.7 Å². The number of hydrogen-bond acceptors (Lipinski definition) is 8. The predicted molar refractivity (Wildman–Crippen MR) is 112 cm³/mol. The number of esters is 2. The normalized spacial score (nSPS) is 14.2. The molecule has 0 bridgehead atoms. The van der Waals surface area contributed by atoms with Gasteiger partial charge in [-0.25, -0.2) is 0 Å². The van der Waals surface area contributed by atoms with Crippen LogP contribution in [0.1, 0.15) is 47.5 Å². The van der Waals surface area contributed by atoms with Crippen LogP contribution in [0.2, 0.25) is 0 Å². The van der Waals surface area contributed by atoms with Gasteiger partial charge >= 0.3 is 11.9 Å². The van der Waals surface area contributed by atoms with Gasteiger partial charge in [0.2, 0.25) is 5.91 Å². The summed E-state index contributed by atoms with van der Waals surface area (Å²) in [7, 11) is 0. The minimum atomic E-state index is -0.651. The Morgan fingerprint density at radius 1 is 1.11 bits per heavy atom. The maximum atomic E-state index is 12.2. The number of amides is 1. The first-order chi connectivity index (χ1) is 13.2. The molecule has 3 atom stereocenters. The van der Waals surface area contributed by atoms with Crippen molar-refractivity contribution in [1.82, 2.24) is 10.2 Å². The Morgan fingerprint density at radius 2 is 1.75 bits per heavy atom. The topological polar surface area (TPSA) is 111 Å². The number of nitrogens with one attached hydrogen (secondary N) is 1. The monoisotopic (exact) mass is 419 g/mol. The predicted octanol–water partition coefficient (Wildman–Crippen LogP) is 1.17. The van der Waals surface area contributed by atoms with Crippen LogP contribution >= 0.6 is 11.8 Å². The van der Waals surface area contributed by atoms with Crippen molar-refractivity contribution < 1.29 is 23.9 Å². The molecule has 0 aliphatic carbocycles. The van der Waals surface area contributed by atoms with Crippen molar-refractivity contribution in [1.29, 1.82) is 0 Å². The molecule has 0 aliphatic heterocycles. The molecule has 164 valence electrons. The largest absolute Gasteiger partial charge is 0.462 e. The highest BCUT2D eigenvalue weighted by molar-refractivity contribution is 7.99. The maximum Gasteiger partial charge on any atom is 0.303 e. The lowest BCUT2D eigenvalue weighted by Gasteiger charge is -2.21. The van der Waals surface area contributed by atoms with E-state index in [0.717, 1.165) is 32.5 Å². The van der Waals surface area contributed by atoms with Crippen LogP contribution < -0.4 is 11.1 Å². The first-order valence-electron chi connectivity index (χ1n) is 9.86. The van der Waals surface area contributed by atoms with Gasteiger partial charge in [-0.1, -0.05) is 13.8 Å². The average molecular weight is 420 g/mol. The van der Waals surface area contributed by atoms with E-state index < -0.39 is 24.1 Å². The Kier molecular flexibility index (Phi) is 14.9. The van der Waals surface area contributed by atoms with Gasteiger partial charge < -0.3 is 25.4 Å². The van der Waals surface area contributed by atoms with Crippen molar-refractivity contribution in [3.8, 4) is 0 Å². The van der Waals surface area contributed by atoms with Crippen LogP contribution in [0.5, 0.6) is 0 Å². The summed E-state index contributed by atoms with van der Waals surface area (Å²) in [6.45, 7) is 11.9. The molecule has 0 aromatic carbocycles. The summed E-state index contributed by atoms with van der Waals surface area (Å²) >= 11 is 1.39. The highest BCUT2D eigenvalue weighted by Gasteiger charge is 2.19. The third-order valence-corrected chi connectivity index (χ3v) is 5.34. The number of carbonyl (C=O) groups is 3. The molecular weight excluding hydrogens is 382 g/mol. The molecule has 0 radical (unpaired) electrons. The zero-order chi connectivity index (χ0) is 21.5. The molecule has 9 heteroatoms. The standard InChI is InChI=1S/C19H37N3O5S/c1-6-22(7-2)10-8-9-14(3)21-19(25)18(20)13-28-12-17(27-16(5)24)11-26-15(4)23/h14,17-18H,6-13,20H2,1-5H3,(H,21,25). The lowest BCUT2D eigenvalue weighted by molar-refractivity contribution is -0.154. The van der Waals surface area contributed by atoms with Gasteiger partial charge in [-0.15, -0.1) is 0 Å². The SMILES string of the molecule is CCN(CC)CCCC(C)NC(=O)C(N)CSCC(COC(C)=O)OC(C)=O. The Labute approximate surface area is 173 Å². The molecule has 28 heavy (non-hydrogen) atoms. The summed E-state index contributed by atoms with van der Waals surface area (Å²) < 4.78 is 10.00. The number of carbonyl (C=O) groups excluding carboxylic acids is 3. The molecule has 0 heterocycles. The number of nitrogens with two attached hydrogens (primary N) is 1. The number of nitrogens with zero attached hydrogens (tertiary/aromatic N) is 1. The smallest absolute Gasteiger partial charge is 0.303 e. The van der Waals surface area contributed by atoms with Gasteiger partial charge in [-0.2, -0.15) is 11.8 Å². The third kappa shape index (κ3) is 13.8. The van der Waals surface area contributed by atoms with E-state index in [1.54, 1.807) is 0 Å². The van der Waals surface area contributed by atoms with Crippen LogP contribution in [-0.2, 0) is 23.9 Å². The highest BCUT2D eigenvalue weighted by Crippen LogP contribution is 2.09. The van der Waals surface area contributed by atoms with E-state index in [0.29, 0.717) is 11.5 Å². The Balaban J connectivity index is 4.16. The second-order valence-electron chi connectivity index (χ2n) is 6.76.